The van der Waals surface area contributed by atoms with E-state index < -0.39 is 0 Å². The van der Waals surface area contributed by atoms with Crippen LogP contribution >= 0.6 is 0 Å². The molecule has 1 aromatic heterocycles. The van der Waals surface area contributed by atoms with Crippen molar-refractivity contribution in [3.05, 3.63) is 5.69 Å². The number of nitrogen functional groups attached to an aromatic ring is 1. The Kier molecular flexibility index (Phi) is 4.38. The van der Waals surface area contributed by atoms with E-state index in [0.29, 0.717) is 6.04 Å². The third-order valence-corrected chi connectivity index (χ3v) is 4.37. The van der Waals surface area contributed by atoms with Crippen molar-refractivity contribution in [1.82, 2.24) is 9.78 Å². The summed E-state index contributed by atoms with van der Waals surface area (Å²) < 4.78 is 2.09. The highest BCUT2D eigenvalue weighted by Crippen LogP contribution is 2.33. The lowest BCUT2D eigenvalue weighted by atomic mass is 9.86. The number of nitrogens with two attached hydrogens (primary N) is 1. The number of hydrogen-bond donors (Lipinski definition) is 1. The summed E-state index contributed by atoms with van der Waals surface area (Å²) >= 11 is 0. The summed E-state index contributed by atoms with van der Waals surface area (Å²) in [4.78, 5) is 2.38. The summed E-state index contributed by atoms with van der Waals surface area (Å²) in [5.41, 5.74) is 8.06. The summed E-state index contributed by atoms with van der Waals surface area (Å²) in [6.07, 6.45) is 6.33. The zero-order chi connectivity index (χ0) is 14.0. The highest BCUT2D eigenvalue weighted by atomic mass is 15.4. The largest absolute Gasteiger partial charge is 0.394 e. The maximum atomic E-state index is 6.25. The topological polar surface area (TPSA) is 47.1 Å². The number of hydrogen-bond acceptors (Lipinski definition) is 3. The van der Waals surface area contributed by atoms with Crippen LogP contribution in [0.15, 0.2) is 0 Å². The molecule has 1 fully saturated rings. The van der Waals surface area contributed by atoms with Crippen molar-refractivity contribution in [3.8, 4) is 0 Å². The number of aryl methyl sites for hydroxylation is 2. The van der Waals surface area contributed by atoms with E-state index in [1.807, 2.05) is 6.92 Å². The highest BCUT2D eigenvalue weighted by molar-refractivity contribution is 5.66. The van der Waals surface area contributed by atoms with E-state index in [1.165, 1.54) is 25.7 Å². The Morgan fingerprint density at radius 1 is 1.42 bits per heavy atom. The minimum absolute atomic E-state index is 0.609. The van der Waals surface area contributed by atoms with Crippen LogP contribution in [0, 0.1) is 12.8 Å². The molecule has 1 heterocycles. The molecular weight excluding hydrogens is 236 g/mol. The molecule has 2 rings (SSSR count). The molecule has 0 aromatic carbocycles. The minimum atomic E-state index is 0.609. The second-order valence-electron chi connectivity index (χ2n) is 6.08. The van der Waals surface area contributed by atoms with Gasteiger partial charge in [-0.1, -0.05) is 26.7 Å². The van der Waals surface area contributed by atoms with Crippen molar-refractivity contribution in [2.45, 2.75) is 65.5 Å². The van der Waals surface area contributed by atoms with Gasteiger partial charge in [0, 0.05) is 19.6 Å². The molecule has 1 aliphatic rings. The Balaban J connectivity index is 2.24. The lowest BCUT2D eigenvalue weighted by molar-refractivity contribution is 0.333. The molecule has 1 aliphatic carbocycles. The zero-order valence-corrected chi connectivity index (χ0v) is 12.8. The Bertz CT molecular complexity index is 424. The van der Waals surface area contributed by atoms with Gasteiger partial charge in [-0.05, 0) is 32.1 Å². The van der Waals surface area contributed by atoms with Gasteiger partial charge in [-0.3, -0.25) is 0 Å². The Morgan fingerprint density at radius 3 is 2.79 bits per heavy atom. The van der Waals surface area contributed by atoms with Crippen molar-refractivity contribution in [1.29, 1.82) is 0 Å². The van der Waals surface area contributed by atoms with Gasteiger partial charge in [0.15, 0.2) is 5.82 Å². The third kappa shape index (κ3) is 2.88. The Morgan fingerprint density at radius 2 is 2.16 bits per heavy atom. The molecular formula is C15H28N4. The van der Waals surface area contributed by atoms with E-state index in [-0.39, 0.29) is 0 Å². The first-order chi connectivity index (χ1) is 9.04. The quantitative estimate of drug-likeness (QED) is 0.908. The van der Waals surface area contributed by atoms with E-state index in [2.05, 4.69) is 35.6 Å². The van der Waals surface area contributed by atoms with E-state index in [4.69, 9.17) is 5.73 Å². The third-order valence-electron chi connectivity index (χ3n) is 4.37. The van der Waals surface area contributed by atoms with Gasteiger partial charge in [0.1, 0.15) is 0 Å². The second kappa shape index (κ2) is 5.85. The monoisotopic (exact) mass is 264 g/mol. The Labute approximate surface area is 117 Å². The predicted octanol–water partition coefficient (Wildman–Crippen LogP) is 3.20. The van der Waals surface area contributed by atoms with Crippen LogP contribution in [0.4, 0.5) is 11.5 Å². The summed E-state index contributed by atoms with van der Waals surface area (Å²) in [6, 6.07) is 0.609. The molecule has 0 spiro atoms. The van der Waals surface area contributed by atoms with Gasteiger partial charge in [-0.2, -0.15) is 5.10 Å². The number of anilines is 2. The van der Waals surface area contributed by atoms with Crippen LogP contribution in [0.1, 0.15) is 51.6 Å². The summed E-state index contributed by atoms with van der Waals surface area (Å²) in [6.45, 7) is 7.49. The molecule has 4 heteroatoms. The van der Waals surface area contributed by atoms with Gasteiger partial charge < -0.3 is 10.6 Å². The molecule has 1 aromatic rings. The van der Waals surface area contributed by atoms with Crippen molar-refractivity contribution >= 4 is 11.5 Å². The first-order valence-electron chi connectivity index (χ1n) is 7.60. The summed E-state index contributed by atoms with van der Waals surface area (Å²) in [5, 5.41) is 4.58. The number of nitrogens with zero attached hydrogens (tertiary/aromatic N) is 3. The van der Waals surface area contributed by atoms with Gasteiger partial charge in [-0.15, -0.1) is 0 Å². The normalized spacial score (nSPS) is 23.6. The van der Waals surface area contributed by atoms with Crippen LogP contribution in [0.3, 0.4) is 0 Å². The van der Waals surface area contributed by atoms with Crippen LogP contribution in [0.5, 0.6) is 0 Å². The molecule has 2 N–H and O–H groups in total. The molecule has 2 unspecified atom stereocenters. The number of aromatic nitrogens is 2. The van der Waals surface area contributed by atoms with E-state index in [0.717, 1.165) is 36.1 Å². The van der Waals surface area contributed by atoms with E-state index in [1.54, 1.807) is 0 Å². The van der Waals surface area contributed by atoms with Gasteiger partial charge in [-0.25, -0.2) is 4.68 Å². The average Bonchev–Trinajstić information content (AvgIpc) is 2.65. The van der Waals surface area contributed by atoms with Crippen LogP contribution in [-0.4, -0.2) is 22.9 Å². The van der Waals surface area contributed by atoms with Crippen molar-refractivity contribution in [2.24, 2.45) is 5.92 Å². The summed E-state index contributed by atoms with van der Waals surface area (Å²) in [5.74, 6) is 1.95. The molecule has 2 atom stereocenters. The molecule has 1 saturated carbocycles. The maximum Gasteiger partial charge on any atom is 0.150 e. The molecule has 4 nitrogen and oxygen atoms in total. The second-order valence-corrected chi connectivity index (χ2v) is 6.08. The smallest absolute Gasteiger partial charge is 0.150 e. The molecule has 0 radical (unpaired) electrons. The fourth-order valence-electron chi connectivity index (χ4n) is 3.25. The fourth-order valence-corrected chi connectivity index (χ4v) is 3.25. The Hall–Kier alpha value is -1.19. The molecule has 0 amide bonds. The summed E-state index contributed by atoms with van der Waals surface area (Å²) in [7, 11) is 2.18. The number of rotatable bonds is 4. The van der Waals surface area contributed by atoms with Gasteiger partial charge in [0.2, 0.25) is 0 Å². The average molecular weight is 264 g/mol. The van der Waals surface area contributed by atoms with Crippen LogP contribution in [0.25, 0.3) is 0 Å². The lowest BCUT2D eigenvalue weighted by Crippen LogP contribution is -2.37. The van der Waals surface area contributed by atoms with Crippen molar-refractivity contribution in [2.75, 3.05) is 17.7 Å². The molecule has 108 valence electrons. The maximum absolute atomic E-state index is 6.25. The first kappa shape index (κ1) is 14.2. The fraction of sp³-hybridized carbons (Fsp3) is 0.800. The zero-order valence-electron chi connectivity index (χ0n) is 12.8. The van der Waals surface area contributed by atoms with Crippen molar-refractivity contribution in [3.63, 3.8) is 0 Å². The SMILES string of the molecule is CCCn1nc(C)c(N)c1N(C)C1CCCC(C)C1. The van der Waals surface area contributed by atoms with E-state index >= 15 is 0 Å². The first-order valence-corrected chi connectivity index (χ1v) is 7.60. The van der Waals surface area contributed by atoms with Gasteiger partial charge in [0.25, 0.3) is 0 Å². The predicted molar refractivity (Wildman–Crippen MR) is 81.5 cm³/mol. The van der Waals surface area contributed by atoms with E-state index in [9.17, 15) is 0 Å². The molecule has 0 aliphatic heterocycles. The molecule has 0 saturated heterocycles. The molecule has 19 heavy (non-hydrogen) atoms. The molecule has 0 bridgehead atoms. The van der Waals surface area contributed by atoms with Crippen LogP contribution < -0.4 is 10.6 Å². The van der Waals surface area contributed by atoms with Gasteiger partial charge >= 0.3 is 0 Å². The van der Waals surface area contributed by atoms with Gasteiger partial charge in [0.05, 0.1) is 11.4 Å². The van der Waals surface area contributed by atoms with Crippen LogP contribution in [0.2, 0.25) is 0 Å². The van der Waals surface area contributed by atoms with Crippen LogP contribution in [-0.2, 0) is 6.54 Å². The lowest BCUT2D eigenvalue weighted by Gasteiger charge is -2.35. The standard InChI is InChI=1S/C15H28N4/c1-5-9-19-15(14(16)12(3)17-19)18(4)13-8-6-7-11(2)10-13/h11,13H,5-10,16H2,1-4H3. The van der Waals surface area contributed by atoms with Crippen molar-refractivity contribution < 1.29 is 0 Å². The highest BCUT2D eigenvalue weighted by Gasteiger charge is 2.26. The minimum Gasteiger partial charge on any atom is -0.394 e.